The SMILES string of the molecule is Cc1[nH]nc2c(C)cc(C=O)cc12. The zero-order valence-electron chi connectivity index (χ0n) is 7.59. The molecule has 0 aliphatic rings. The van der Waals surface area contributed by atoms with Crippen LogP contribution in [0.5, 0.6) is 0 Å². The molecule has 0 unspecified atom stereocenters. The maximum absolute atomic E-state index is 10.6. The van der Waals surface area contributed by atoms with Crippen molar-refractivity contribution in [1.82, 2.24) is 10.2 Å². The molecular formula is C10H10N2O. The molecule has 1 N–H and O–H groups in total. The van der Waals surface area contributed by atoms with Crippen LogP contribution in [0.3, 0.4) is 0 Å². The van der Waals surface area contributed by atoms with Gasteiger partial charge in [0.2, 0.25) is 0 Å². The van der Waals surface area contributed by atoms with Crippen LogP contribution in [0.1, 0.15) is 21.6 Å². The Hall–Kier alpha value is -1.64. The number of aldehydes is 1. The van der Waals surface area contributed by atoms with Crippen LogP contribution in [0.4, 0.5) is 0 Å². The molecule has 0 saturated heterocycles. The van der Waals surface area contributed by atoms with E-state index in [0.29, 0.717) is 5.56 Å². The Morgan fingerprint density at radius 3 is 2.85 bits per heavy atom. The Kier molecular flexibility index (Phi) is 1.65. The van der Waals surface area contributed by atoms with Gasteiger partial charge in [0.15, 0.2) is 0 Å². The van der Waals surface area contributed by atoms with Gasteiger partial charge in [-0.3, -0.25) is 9.89 Å². The van der Waals surface area contributed by atoms with E-state index >= 15 is 0 Å². The normalized spacial score (nSPS) is 10.6. The highest BCUT2D eigenvalue weighted by Gasteiger charge is 2.05. The van der Waals surface area contributed by atoms with Gasteiger partial charge in [0, 0.05) is 16.6 Å². The fourth-order valence-electron chi connectivity index (χ4n) is 1.51. The fourth-order valence-corrected chi connectivity index (χ4v) is 1.51. The number of aromatic amines is 1. The van der Waals surface area contributed by atoms with E-state index in [9.17, 15) is 4.79 Å². The van der Waals surface area contributed by atoms with Crippen LogP contribution in [0.2, 0.25) is 0 Å². The smallest absolute Gasteiger partial charge is 0.150 e. The molecule has 2 rings (SSSR count). The fraction of sp³-hybridized carbons (Fsp3) is 0.200. The number of benzene rings is 1. The monoisotopic (exact) mass is 174 g/mol. The molecule has 1 heterocycles. The second-order valence-corrected chi connectivity index (χ2v) is 3.20. The van der Waals surface area contributed by atoms with Crippen molar-refractivity contribution in [2.24, 2.45) is 0 Å². The van der Waals surface area contributed by atoms with Gasteiger partial charge in [0.05, 0.1) is 5.52 Å². The van der Waals surface area contributed by atoms with Crippen molar-refractivity contribution in [2.45, 2.75) is 13.8 Å². The molecule has 66 valence electrons. The summed E-state index contributed by atoms with van der Waals surface area (Å²) in [6, 6.07) is 3.70. The zero-order chi connectivity index (χ0) is 9.42. The third-order valence-electron chi connectivity index (χ3n) is 2.20. The average Bonchev–Trinajstić information content (AvgIpc) is 2.48. The standard InChI is InChI=1S/C10H10N2O/c1-6-3-8(5-13)4-9-7(2)11-12-10(6)9/h3-5H,1-2H3,(H,11,12). The molecular weight excluding hydrogens is 164 g/mol. The lowest BCUT2D eigenvalue weighted by Crippen LogP contribution is -1.83. The Balaban J connectivity index is 2.87. The van der Waals surface area contributed by atoms with Crippen LogP contribution in [0.25, 0.3) is 10.9 Å². The Bertz CT molecular complexity index is 471. The largest absolute Gasteiger partial charge is 0.298 e. The highest BCUT2D eigenvalue weighted by Crippen LogP contribution is 2.20. The number of fused-ring (bicyclic) bond motifs is 1. The van der Waals surface area contributed by atoms with Crippen LogP contribution in [-0.2, 0) is 0 Å². The number of aryl methyl sites for hydroxylation is 2. The van der Waals surface area contributed by atoms with E-state index in [2.05, 4.69) is 10.2 Å². The number of aromatic nitrogens is 2. The van der Waals surface area contributed by atoms with Crippen LogP contribution in [-0.4, -0.2) is 16.5 Å². The quantitative estimate of drug-likeness (QED) is 0.672. The van der Waals surface area contributed by atoms with Gasteiger partial charge in [0.1, 0.15) is 6.29 Å². The number of rotatable bonds is 1. The molecule has 0 atom stereocenters. The van der Waals surface area contributed by atoms with Crippen LogP contribution >= 0.6 is 0 Å². The van der Waals surface area contributed by atoms with Gasteiger partial charge < -0.3 is 0 Å². The van der Waals surface area contributed by atoms with Crippen LogP contribution in [0, 0.1) is 13.8 Å². The van der Waals surface area contributed by atoms with Gasteiger partial charge in [-0.15, -0.1) is 0 Å². The third-order valence-corrected chi connectivity index (χ3v) is 2.20. The minimum atomic E-state index is 0.703. The van der Waals surface area contributed by atoms with Crippen molar-refractivity contribution in [1.29, 1.82) is 0 Å². The maximum Gasteiger partial charge on any atom is 0.150 e. The number of nitrogens with zero attached hydrogens (tertiary/aromatic N) is 1. The van der Waals surface area contributed by atoms with Gasteiger partial charge >= 0.3 is 0 Å². The molecule has 0 radical (unpaired) electrons. The van der Waals surface area contributed by atoms with E-state index in [0.717, 1.165) is 28.4 Å². The first-order chi connectivity index (χ1) is 6.22. The zero-order valence-corrected chi connectivity index (χ0v) is 7.59. The van der Waals surface area contributed by atoms with Crippen molar-refractivity contribution in [2.75, 3.05) is 0 Å². The summed E-state index contributed by atoms with van der Waals surface area (Å²) in [5, 5.41) is 8.08. The molecule has 13 heavy (non-hydrogen) atoms. The lowest BCUT2D eigenvalue weighted by atomic mass is 10.1. The van der Waals surface area contributed by atoms with Crippen molar-refractivity contribution in [3.63, 3.8) is 0 Å². The number of carbonyl (C=O) groups excluding carboxylic acids is 1. The first-order valence-electron chi connectivity index (χ1n) is 4.13. The summed E-state index contributed by atoms with van der Waals surface area (Å²) >= 11 is 0. The minimum absolute atomic E-state index is 0.703. The first kappa shape index (κ1) is 7.98. The summed E-state index contributed by atoms with van der Waals surface area (Å²) in [4.78, 5) is 10.6. The molecule has 0 saturated carbocycles. The van der Waals surface area contributed by atoms with Gasteiger partial charge in [-0.25, -0.2) is 0 Å². The molecule has 0 amide bonds. The predicted molar refractivity (Wildman–Crippen MR) is 51.0 cm³/mol. The van der Waals surface area contributed by atoms with E-state index < -0.39 is 0 Å². The molecule has 1 aromatic heterocycles. The maximum atomic E-state index is 10.6. The van der Waals surface area contributed by atoms with Crippen molar-refractivity contribution in [3.8, 4) is 0 Å². The van der Waals surface area contributed by atoms with Crippen molar-refractivity contribution < 1.29 is 4.79 Å². The average molecular weight is 174 g/mol. The minimum Gasteiger partial charge on any atom is -0.298 e. The second-order valence-electron chi connectivity index (χ2n) is 3.20. The highest BCUT2D eigenvalue weighted by molar-refractivity contribution is 5.90. The number of hydrogen-bond acceptors (Lipinski definition) is 2. The van der Waals surface area contributed by atoms with Crippen LogP contribution in [0.15, 0.2) is 12.1 Å². The summed E-state index contributed by atoms with van der Waals surface area (Å²) in [5.41, 5.74) is 3.68. The molecule has 3 heteroatoms. The molecule has 1 aromatic carbocycles. The lowest BCUT2D eigenvalue weighted by molar-refractivity contribution is 0.112. The first-order valence-corrected chi connectivity index (χ1v) is 4.13. The van der Waals surface area contributed by atoms with E-state index in [1.807, 2.05) is 26.0 Å². The van der Waals surface area contributed by atoms with E-state index in [4.69, 9.17) is 0 Å². The summed E-state index contributed by atoms with van der Waals surface area (Å²) in [5.74, 6) is 0. The Morgan fingerprint density at radius 1 is 1.38 bits per heavy atom. The summed E-state index contributed by atoms with van der Waals surface area (Å²) < 4.78 is 0. The molecule has 3 nitrogen and oxygen atoms in total. The summed E-state index contributed by atoms with van der Waals surface area (Å²) in [6.45, 7) is 3.90. The van der Waals surface area contributed by atoms with E-state index in [-0.39, 0.29) is 0 Å². The van der Waals surface area contributed by atoms with Gasteiger partial charge in [-0.2, -0.15) is 5.10 Å². The van der Waals surface area contributed by atoms with Gasteiger partial charge in [-0.05, 0) is 31.5 Å². The van der Waals surface area contributed by atoms with E-state index in [1.165, 1.54) is 0 Å². The predicted octanol–water partition coefficient (Wildman–Crippen LogP) is 1.99. The molecule has 0 bridgehead atoms. The summed E-state index contributed by atoms with van der Waals surface area (Å²) in [6.07, 6.45) is 0.860. The molecule has 0 aliphatic heterocycles. The number of hydrogen-bond donors (Lipinski definition) is 1. The molecule has 0 spiro atoms. The third kappa shape index (κ3) is 1.13. The lowest BCUT2D eigenvalue weighted by Gasteiger charge is -1.96. The topological polar surface area (TPSA) is 45.8 Å². The molecule has 2 aromatic rings. The van der Waals surface area contributed by atoms with Crippen LogP contribution < -0.4 is 0 Å². The number of nitrogens with one attached hydrogen (secondary N) is 1. The van der Waals surface area contributed by atoms with Crippen molar-refractivity contribution >= 4 is 17.2 Å². The molecule has 0 fully saturated rings. The molecule has 0 aliphatic carbocycles. The van der Waals surface area contributed by atoms with Crippen molar-refractivity contribution in [3.05, 3.63) is 29.0 Å². The van der Waals surface area contributed by atoms with Gasteiger partial charge in [0.25, 0.3) is 0 Å². The summed E-state index contributed by atoms with van der Waals surface area (Å²) in [7, 11) is 0. The van der Waals surface area contributed by atoms with E-state index in [1.54, 1.807) is 0 Å². The number of carbonyl (C=O) groups is 1. The van der Waals surface area contributed by atoms with Gasteiger partial charge in [-0.1, -0.05) is 0 Å². The Labute approximate surface area is 75.8 Å². The highest BCUT2D eigenvalue weighted by atomic mass is 16.1. The number of H-pyrrole nitrogens is 1. The second kappa shape index (κ2) is 2.69. The Morgan fingerprint density at radius 2 is 2.15 bits per heavy atom.